The molecule has 0 atom stereocenters. The van der Waals surface area contributed by atoms with E-state index in [0.717, 1.165) is 22.4 Å². The van der Waals surface area contributed by atoms with E-state index in [-0.39, 0.29) is 39.9 Å². The van der Waals surface area contributed by atoms with Gasteiger partial charge in [-0.1, -0.05) is 13.3 Å². The number of nitrogens with one attached hydrogen (secondary N) is 1. The number of hydrogen-bond acceptors (Lipinski definition) is 6. The van der Waals surface area contributed by atoms with Crippen LogP contribution in [0.1, 0.15) is 75.2 Å². The molecule has 0 spiro atoms. The number of rotatable bonds is 7. The van der Waals surface area contributed by atoms with E-state index in [1.807, 2.05) is 6.92 Å². The van der Waals surface area contributed by atoms with E-state index in [2.05, 4.69) is 10.4 Å². The van der Waals surface area contributed by atoms with E-state index >= 15 is 0 Å². The van der Waals surface area contributed by atoms with Gasteiger partial charge in [-0.25, -0.2) is 4.79 Å². The van der Waals surface area contributed by atoms with Crippen molar-refractivity contribution in [3.63, 3.8) is 0 Å². The van der Waals surface area contributed by atoms with Crippen molar-refractivity contribution < 1.29 is 32.3 Å². The minimum Gasteiger partial charge on any atom is -0.462 e. The van der Waals surface area contributed by atoms with Crippen molar-refractivity contribution in [1.29, 1.82) is 0 Å². The van der Waals surface area contributed by atoms with Crippen LogP contribution in [0, 0.1) is 6.92 Å². The van der Waals surface area contributed by atoms with Crippen molar-refractivity contribution in [2.75, 3.05) is 26.0 Å². The molecule has 1 aliphatic carbocycles. The number of fused-ring (bicyclic) bond motifs is 1. The number of ether oxygens (including phenoxy) is 1. The van der Waals surface area contributed by atoms with Gasteiger partial charge in [0, 0.05) is 25.4 Å². The summed E-state index contributed by atoms with van der Waals surface area (Å²) < 4.78 is 47.1. The van der Waals surface area contributed by atoms with Gasteiger partial charge in [0.05, 0.1) is 17.0 Å². The molecule has 0 unspecified atom stereocenters. The first-order valence-electron chi connectivity index (χ1n) is 11.4. The molecule has 2 heterocycles. The smallest absolute Gasteiger partial charge is 0.435 e. The zero-order chi connectivity index (χ0) is 25.9. The van der Waals surface area contributed by atoms with Gasteiger partial charge < -0.3 is 15.0 Å². The fraction of sp³-hybridized carbons (Fsp3) is 0.565. The first kappa shape index (κ1) is 26.7. The predicted molar refractivity (Wildman–Crippen MR) is 125 cm³/mol. The van der Waals surface area contributed by atoms with E-state index in [4.69, 9.17) is 4.74 Å². The lowest BCUT2D eigenvalue weighted by molar-refractivity contribution is -0.142. The third-order valence-electron chi connectivity index (χ3n) is 5.71. The highest BCUT2D eigenvalue weighted by atomic mass is 32.1. The van der Waals surface area contributed by atoms with Crippen LogP contribution >= 0.6 is 11.3 Å². The van der Waals surface area contributed by atoms with Crippen molar-refractivity contribution in [3.05, 3.63) is 33.0 Å². The summed E-state index contributed by atoms with van der Waals surface area (Å²) in [7, 11) is 3.13. The summed E-state index contributed by atoms with van der Waals surface area (Å²) in [6, 6.07) is 0. The van der Waals surface area contributed by atoms with E-state index in [1.165, 1.54) is 4.90 Å². The monoisotopic (exact) mass is 514 g/mol. The van der Waals surface area contributed by atoms with Crippen LogP contribution in [0.15, 0.2) is 0 Å². The lowest BCUT2D eigenvalue weighted by Gasteiger charge is -2.10. The Morgan fingerprint density at radius 1 is 1.17 bits per heavy atom. The normalized spacial score (nSPS) is 13.7. The van der Waals surface area contributed by atoms with Crippen LogP contribution in [0.25, 0.3) is 0 Å². The summed E-state index contributed by atoms with van der Waals surface area (Å²) in [6.45, 7) is 3.14. The van der Waals surface area contributed by atoms with Gasteiger partial charge >= 0.3 is 12.1 Å². The van der Waals surface area contributed by atoms with Gasteiger partial charge in [0.1, 0.15) is 11.5 Å². The number of nitrogens with zero attached hydrogens (tertiary/aromatic N) is 3. The number of alkyl halides is 3. The second-order valence-electron chi connectivity index (χ2n) is 8.63. The van der Waals surface area contributed by atoms with Crippen molar-refractivity contribution >= 4 is 34.1 Å². The molecule has 2 amide bonds. The Morgan fingerprint density at radius 3 is 2.49 bits per heavy atom. The maximum atomic E-state index is 13.6. The van der Waals surface area contributed by atoms with Crippen LogP contribution in [-0.2, 0) is 35.1 Å². The standard InChI is InChI=1S/C23H29F3N4O4S/c1-5-11-34-22(33)17-13(2)18(21(32)29(3)4)35-20(17)27-16(31)12-30-15-10-8-6-7-9-14(15)19(28-30)23(24,25)26/h5-12H2,1-4H3,(H,27,31). The SMILES string of the molecule is CCCOC(=O)c1c(NC(=O)Cn2nc(C(F)(F)F)c3c2CCCCC3)sc(C(=O)N(C)C)c1C. The molecule has 35 heavy (non-hydrogen) atoms. The Hall–Kier alpha value is -2.89. The molecular weight excluding hydrogens is 485 g/mol. The summed E-state index contributed by atoms with van der Waals surface area (Å²) in [4.78, 5) is 39.8. The molecular formula is C23H29F3N4O4S. The minimum atomic E-state index is -4.61. The maximum Gasteiger partial charge on any atom is 0.435 e. The maximum absolute atomic E-state index is 13.6. The number of hydrogen-bond donors (Lipinski definition) is 1. The third-order valence-corrected chi connectivity index (χ3v) is 6.91. The summed E-state index contributed by atoms with van der Waals surface area (Å²) >= 11 is 0.931. The second-order valence-corrected chi connectivity index (χ2v) is 9.65. The summed E-state index contributed by atoms with van der Waals surface area (Å²) in [5.41, 5.74) is 0.0578. The molecule has 0 saturated heterocycles. The van der Waals surface area contributed by atoms with E-state index in [9.17, 15) is 27.6 Å². The average molecular weight is 515 g/mol. The zero-order valence-electron chi connectivity index (χ0n) is 20.2. The molecule has 3 rings (SSSR count). The van der Waals surface area contributed by atoms with Gasteiger partial charge in [0.2, 0.25) is 5.91 Å². The number of carbonyl (C=O) groups excluding carboxylic acids is 3. The van der Waals surface area contributed by atoms with Crippen molar-refractivity contribution in [2.45, 2.75) is 65.1 Å². The minimum absolute atomic E-state index is 0.0669. The van der Waals surface area contributed by atoms with Crippen LogP contribution in [0.4, 0.5) is 18.2 Å². The third kappa shape index (κ3) is 5.85. The molecule has 0 radical (unpaired) electrons. The second kappa shape index (κ2) is 10.8. The Bertz CT molecular complexity index is 1120. The van der Waals surface area contributed by atoms with Crippen LogP contribution in [0.5, 0.6) is 0 Å². The summed E-state index contributed by atoms with van der Waals surface area (Å²) in [5, 5.41) is 6.47. The van der Waals surface area contributed by atoms with Gasteiger partial charge in [-0.05, 0) is 44.6 Å². The lowest BCUT2D eigenvalue weighted by Crippen LogP contribution is -2.22. The highest BCUT2D eigenvalue weighted by Crippen LogP contribution is 2.36. The van der Waals surface area contributed by atoms with E-state index in [0.29, 0.717) is 36.9 Å². The van der Waals surface area contributed by atoms with Gasteiger partial charge in [-0.15, -0.1) is 11.3 Å². The first-order valence-corrected chi connectivity index (χ1v) is 12.2. The van der Waals surface area contributed by atoms with Gasteiger partial charge in [-0.2, -0.15) is 18.3 Å². The molecule has 1 N–H and O–H groups in total. The highest BCUT2D eigenvalue weighted by Gasteiger charge is 2.39. The highest BCUT2D eigenvalue weighted by molar-refractivity contribution is 7.18. The molecule has 12 heteroatoms. The molecule has 8 nitrogen and oxygen atoms in total. The van der Waals surface area contributed by atoms with Crippen LogP contribution < -0.4 is 5.32 Å². The summed E-state index contributed by atoms with van der Waals surface area (Å²) in [6.07, 6.45) is -1.21. The van der Waals surface area contributed by atoms with Gasteiger partial charge in [0.25, 0.3) is 5.91 Å². The predicted octanol–water partition coefficient (Wildman–Crippen LogP) is 4.45. The van der Waals surface area contributed by atoms with Crippen molar-refractivity contribution in [3.8, 4) is 0 Å². The molecule has 192 valence electrons. The molecule has 1 aliphatic rings. The fourth-order valence-corrected chi connectivity index (χ4v) is 5.26. The Kier molecular flexibility index (Phi) is 8.24. The van der Waals surface area contributed by atoms with Crippen LogP contribution in [0.2, 0.25) is 0 Å². The topological polar surface area (TPSA) is 93.5 Å². The lowest BCUT2D eigenvalue weighted by atomic mass is 10.1. The average Bonchev–Trinajstić information content (AvgIpc) is 3.16. The fourth-order valence-electron chi connectivity index (χ4n) is 4.03. The quantitative estimate of drug-likeness (QED) is 0.435. The molecule has 0 aromatic carbocycles. The number of esters is 1. The molecule has 0 aliphatic heterocycles. The number of amides is 2. The number of aromatic nitrogens is 2. The Balaban J connectivity index is 1.93. The number of anilines is 1. The van der Waals surface area contributed by atoms with Crippen molar-refractivity contribution in [2.24, 2.45) is 0 Å². The van der Waals surface area contributed by atoms with E-state index < -0.39 is 30.3 Å². The number of thiophene rings is 1. The van der Waals surface area contributed by atoms with Gasteiger partial charge in [0.15, 0.2) is 5.69 Å². The van der Waals surface area contributed by atoms with E-state index in [1.54, 1.807) is 21.0 Å². The zero-order valence-corrected chi connectivity index (χ0v) is 21.0. The Labute approximate surface area is 205 Å². The molecule has 2 aromatic rings. The van der Waals surface area contributed by atoms with Crippen LogP contribution in [-0.4, -0.2) is 53.2 Å². The molecule has 0 fully saturated rings. The van der Waals surface area contributed by atoms with Gasteiger partial charge in [-0.3, -0.25) is 14.3 Å². The Morgan fingerprint density at radius 2 is 1.86 bits per heavy atom. The first-order chi connectivity index (χ1) is 16.5. The number of carbonyl (C=O) groups is 3. The summed E-state index contributed by atoms with van der Waals surface area (Å²) in [5.74, 6) is -1.67. The molecule has 0 bridgehead atoms. The van der Waals surface area contributed by atoms with Crippen LogP contribution in [0.3, 0.4) is 0 Å². The largest absolute Gasteiger partial charge is 0.462 e. The molecule has 0 saturated carbocycles. The molecule has 2 aromatic heterocycles. The van der Waals surface area contributed by atoms with Crippen molar-refractivity contribution in [1.82, 2.24) is 14.7 Å². The number of halogens is 3.